The number of amides is 1. The molecule has 4 heteroatoms. The summed E-state index contributed by atoms with van der Waals surface area (Å²) in [4.78, 5) is 11.9. The lowest BCUT2D eigenvalue weighted by molar-refractivity contribution is 0.198. The van der Waals surface area contributed by atoms with E-state index in [0.717, 1.165) is 0 Å². The van der Waals surface area contributed by atoms with Crippen molar-refractivity contribution in [1.29, 1.82) is 0 Å². The lowest BCUT2D eigenvalue weighted by Crippen LogP contribution is -2.37. The number of hydrogen-bond donors (Lipinski definition) is 1. The third-order valence-electron chi connectivity index (χ3n) is 3.81. The Hall–Kier alpha value is -2.07. The predicted octanol–water partition coefficient (Wildman–Crippen LogP) is 4.36. The smallest absolute Gasteiger partial charge is 0.393 e. The Bertz CT molecular complexity index is 661. The van der Waals surface area contributed by atoms with Gasteiger partial charge in [-0.25, -0.2) is 4.79 Å². The van der Waals surface area contributed by atoms with E-state index in [9.17, 15) is 4.79 Å². The van der Waals surface area contributed by atoms with E-state index in [1.165, 1.54) is 22.3 Å². The lowest BCUT2D eigenvalue weighted by Gasteiger charge is -2.20. The average Bonchev–Trinajstić information content (AvgIpc) is 2.78. The van der Waals surface area contributed by atoms with Crippen molar-refractivity contribution in [3.63, 3.8) is 0 Å². The van der Waals surface area contributed by atoms with E-state index >= 15 is 0 Å². The molecule has 1 aliphatic rings. The van der Waals surface area contributed by atoms with Crippen molar-refractivity contribution in [2.24, 2.45) is 0 Å². The molecule has 22 heavy (non-hydrogen) atoms. The van der Waals surface area contributed by atoms with Crippen LogP contribution in [0.25, 0.3) is 11.1 Å². The quantitative estimate of drug-likeness (QED) is 0.855. The minimum atomic E-state index is -1.85. The number of carbonyl (C=O) groups excluding carboxylic acids is 1. The van der Waals surface area contributed by atoms with Gasteiger partial charge in [0.2, 0.25) is 8.32 Å². The van der Waals surface area contributed by atoms with Crippen LogP contribution < -0.4 is 5.32 Å². The summed E-state index contributed by atoms with van der Waals surface area (Å²) in [6.45, 7) is 6.59. The minimum absolute atomic E-state index is 0.196. The third kappa shape index (κ3) is 2.92. The Labute approximate surface area is 132 Å². The molecule has 0 unspecified atom stereocenters. The molecule has 1 N–H and O–H groups in total. The van der Waals surface area contributed by atoms with Crippen LogP contribution in [-0.4, -0.2) is 21.0 Å². The fraction of sp³-hybridized carbons (Fsp3) is 0.278. The Morgan fingerprint density at radius 3 is 2.00 bits per heavy atom. The monoisotopic (exact) mass is 311 g/mol. The van der Waals surface area contributed by atoms with Crippen LogP contribution in [-0.2, 0) is 4.43 Å². The maximum absolute atomic E-state index is 11.9. The van der Waals surface area contributed by atoms with Crippen LogP contribution >= 0.6 is 0 Å². The van der Waals surface area contributed by atoms with Gasteiger partial charge in [0.05, 0.1) is 0 Å². The summed E-state index contributed by atoms with van der Waals surface area (Å²) in [7, 11) is -1.85. The second-order valence-corrected chi connectivity index (χ2v) is 11.0. The van der Waals surface area contributed by atoms with Gasteiger partial charge in [-0.1, -0.05) is 48.5 Å². The van der Waals surface area contributed by atoms with Gasteiger partial charge >= 0.3 is 6.09 Å². The molecule has 3 nitrogen and oxygen atoms in total. The summed E-state index contributed by atoms with van der Waals surface area (Å²) in [6.07, 6.45) is -0.305. The van der Waals surface area contributed by atoms with Crippen molar-refractivity contribution in [3.05, 3.63) is 59.7 Å². The predicted molar refractivity (Wildman–Crippen MR) is 91.6 cm³/mol. The molecule has 0 saturated carbocycles. The van der Waals surface area contributed by atoms with Gasteiger partial charge in [-0.2, -0.15) is 0 Å². The van der Waals surface area contributed by atoms with Crippen molar-refractivity contribution >= 4 is 14.4 Å². The topological polar surface area (TPSA) is 38.3 Å². The fourth-order valence-electron chi connectivity index (χ4n) is 2.98. The highest BCUT2D eigenvalue weighted by atomic mass is 28.4. The number of hydrogen-bond acceptors (Lipinski definition) is 2. The molecule has 0 spiro atoms. The molecule has 0 saturated heterocycles. The molecule has 3 rings (SSSR count). The molecule has 0 radical (unpaired) electrons. The molecule has 2 aromatic rings. The van der Waals surface area contributed by atoms with Gasteiger partial charge in [-0.05, 0) is 41.9 Å². The molecular weight excluding hydrogens is 290 g/mol. The Morgan fingerprint density at radius 1 is 1.00 bits per heavy atom. The molecule has 0 heterocycles. The number of carbonyl (C=O) groups is 1. The zero-order valence-corrected chi connectivity index (χ0v) is 14.2. The molecule has 0 bridgehead atoms. The van der Waals surface area contributed by atoms with Crippen molar-refractivity contribution in [1.82, 2.24) is 5.32 Å². The number of fused-ring (bicyclic) bond motifs is 3. The first-order valence-corrected chi connectivity index (χ1v) is 11.0. The summed E-state index contributed by atoms with van der Waals surface area (Å²) >= 11 is 0. The van der Waals surface area contributed by atoms with Crippen LogP contribution in [0.1, 0.15) is 17.0 Å². The van der Waals surface area contributed by atoms with Gasteiger partial charge in [-0.15, -0.1) is 0 Å². The molecular formula is C18H21NO2Si. The summed E-state index contributed by atoms with van der Waals surface area (Å²) in [5, 5.41) is 2.94. The summed E-state index contributed by atoms with van der Waals surface area (Å²) in [5.41, 5.74) is 5.08. The van der Waals surface area contributed by atoms with Crippen molar-refractivity contribution in [2.45, 2.75) is 25.6 Å². The normalized spacial score (nSPS) is 13.4. The van der Waals surface area contributed by atoms with E-state index < -0.39 is 8.32 Å². The van der Waals surface area contributed by atoms with Crippen LogP contribution in [0.5, 0.6) is 0 Å². The Morgan fingerprint density at radius 2 is 1.50 bits per heavy atom. The van der Waals surface area contributed by atoms with E-state index in [0.29, 0.717) is 6.54 Å². The second kappa shape index (κ2) is 5.61. The van der Waals surface area contributed by atoms with Crippen molar-refractivity contribution in [2.75, 3.05) is 6.54 Å². The molecule has 1 aliphatic carbocycles. The number of benzene rings is 2. The molecule has 0 fully saturated rings. The van der Waals surface area contributed by atoms with E-state index in [1.807, 2.05) is 19.6 Å². The van der Waals surface area contributed by atoms with Crippen LogP contribution in [0, 0.1) is 0 Å². The first-order chi connectivity index (χ1) is 10.5. The Balaban J connectivity index is 1.81. The summed E-state index contributed by atoms with van der Waals surface area (Å²) < 4.78 is 5.46. The van der Waals surface area contributed by atoms with Crippen LogP contribution in [0.3, 0.4) is 0 Å². The molecule has 0 aliphatic heterocycles. The summed E-state index contributed by atoms with van der Waals surface area (Å²) in [6, 6.07) is 16.8. The SMILES string of the molecule is C[Si](C)(C)OC(=O)NCC1c2ccccc2-c2ccccc21. The minimum Gasteiger partial charge on any atom is -0.504 e. The second-order valence-electron chi connectivity index (χ2n) is 6.61. The highest BCUT2D eigenvalue weighted by Gasteiger charge is 2.28. The van der Waals surface area contributed by atoms with E-state index in [4.69, 9.17) is 4.43 Å². The van der Waals surface area contributed by atoms with Gasteiger partial charge in [0, 0.05) is 12.5 Å². The molecule has 1 amide bonds. The largest absolute Gasteiger partial charge is 0.504 e. The maximum atomic E-state index is 11.9. The molecule has 0 atom stereocenters. The van der Waals surface area contributed by atoms with Crippen LogP contribution in [0.2, 0.25) is 19.6 Å². The zero-order chi connectivity index (χ0) is 15.7. The fourth-order valence-corrected chi connectivity index (χ4v) is 3.61. The maximum Gasteiger partial charge on any atom is 0.393 e. The summed E-state index contributed by atoms with van der Waals surface area (Å²) in [5.74, 6) is 0.196. The highest BCUT2D eigenvalue weighted by molar-refractivity contribution is 6.71. The Kier molecular flexibility index (Phi) is 3.79. The number of nitrogens with one attached hydrogen (secondary N) is 1. The van der Waals surface area contributed by atoms with Gasteiger partial charge < -0.3 is 9.74 Å². The standard InChI is InChI=1S/C18H21NO2Si/c1-22(2,3)21-18(20)19-12-17-15-10-6-4-8-13(15)14-9-5-7-11-16(14)17/h4-11,17H,12H2,1-3H3,(H,19,20). The van der Waals surface area contributed by atoms with Gasteiger partial charge in [0.15, 0.2) is 0 Å². The van der Waals surface area contributed by atoms with Crippen LogP contribution in [0.15, 0.2) is 48.5 Å². The van der Waals surface area contributed by atoms with Crippen molar-refractivity contribution in [3.8, 4) is 11.1 Å². The zero-order valence-electron chi connectivity index (χ0n) is 13.2. The lowest BCUT2D eigenvalue weighted by atomic mass is 9.97. The number of rotatable bonds is 3. The molecule has 2 aromatic carbocycles. The molecule has 0 aromatic heterocycles. The van der Waals surface area contributed by atoms with E-state index in [2.05, 4.69) is 53.8 Å². The van der Waals surface area contributed by atoms with E-state index in [1.54, 1.807) is 0 Å². The van der Waals surface area contributed by atoms with E-state index in [-0.39, 0.29) is 12.0 Å². The van der Waals surface area contributed by atoms with Crippen LogP contribution in [0.4, 0.5) is 4.79 Å². The van der Waals surface area contributed by atoms with Gasteiger partial charge in [0.1, 0.15) is 0 Å². The first kappa shape index (κ1) is 14.8. The highest BCUT2D eigenvalue weighted by Crippen LogP contribution is 2.43. The first-order valence-electron chi connectivity index (χ1n) is 7.61. The van der Waals surface area contributed by atoms with Gasteiger partial charge in [-0.3, -0.25) is 0 Å². The average molecular weight is 311 g/mol. The van der Waals surface area contributed by atoms with Crippen molar-refractivity contribution < 1.29 is 9.22 Å². The van der Waals surface area contributed by atoms with Gasteiger partial charge in [0.25, 0.3) is 0 Å². The molecule has 114 valence electrons. The third-order valence-corrected chi connectivity index (χ3v) is 4.61.